The summed E-state index contributed by atoms with van der Waals surface area (Å²) >= 11 is 0. The van der Waals surface area contributed by atoms with Crippen molar-refractivity contribution in [2.75, 3.05) is 22.1 Å². The van der Waals surface area contributed by atoms with Crippen LogP contribution in [0.2, 0.25) is 0 Å². The van der Waals surface area contributed by atoms with Crippen molar-refractivity contribution in [2.45, 2.75) is 13.8 Å². The minimum Gasteiger partial charge on any atom is -0.454 e. The molecule has 0 aromatic heterocycles. The number of carbonyl (C=O) groups excluding carboxylic acids is 2. The maximum atomic E-state index is 13.1. The maximum Gasteiger partial charge on any atom is 0.323 e. The SMILES string of the molecule is CCN1C(=O)c2cc(NC(=O)Nc3cccc(C)c3)ccc2Oc2ccccc21. The van der Waals surface area contributed by atoms with Gasteiger partial charge in [0.1, 0.15) is 5.75 Å². The first-order valence-electron chi connectivity index (χ1n) is 9.42. The van der Waals surface area contributed by atoms with E-state index in [1.54, 1.807) is 23.1 Å². The summed E-state index contributed by atoms with van der Waals surface area (Å²) in [6.45, 7) is 4.37. The molecule has 1 heterocycles. The zero-order valence-corrected chi connectivity index (χ0v) is 16.2. The molecule has 3 aromatic rings. The van der Waals surface area contributed by atoms with Crippen LogP contribution in [0.1, 0.15) is 22.8 Å². The lowest BCUT2D eigenvalue weighted by Gasteiger charge is -2.19. The molecular formula is C23H21N3O3. The summed E-state index contributed by atoms with van der Waals surface area (Å²) < 4.78 is 5.98. The minimum atomic E-state index is -0.381. The Labute approximate surface area is 169 Å². The van der Waals surface area contributed by atoms with Crippen molar-refractivity contribution < 1.29 is 14.3 Å². The van der Waals surface area contributed by atoms with Crippen LogP contribution in [-0.4, -0.2) is 18.5 Å². The summed E-state index contributed by atoms with van der Waals surface area (Å²) in [6, 6.07) is 19.6. The number of anilines is 3. The van der Waals surface area contributed by atoms with E-state index in [1.807, 2.05) is 62.4 Å². The lowest BCUT2D eigenvalue weighted by atomic mass is 10.1. The molecule has 2 N–H and O–H groups in total. The highest BCUT2D eigenvalue weighted by atomic mass is 16.5. The summed E-state index contributed by atoms with van der Waals surface area (Å²) in [5.74, 6) is 0.914. The van der Waals surface area contributed by atoms with E-state index < -0.39 is 0 Å². The summed E-state index contributed by atoms with van der Waals surface area (Å²) in [7, 11) is 0. The average Bonchev–Trinajstić information content (AvgIpc) is 2.82. The Morgan fingerprint density at radius 2 is 1.69 bits per heavy atom. The second kappa shape index (κ2) is 7.67. The Morgan fingerprint density at radius 1 is 0.931 bits per heavy atom. The Balaban J connectivity index is 1.59. The molecular weight excluding hydrogens is 366 g/mol. The predicted octanol–water partition coefficient (Wildman–Crippen LogP) is 5.41. The topological polar surface area (TPSA) is 70.7 Å². The van der Waals surface area contributed by atoms with Gasteiger partial charge in [-0.1, -0.05) is 24.3 Å². The van der Waals surface area contributed by atoms with E-state index in [9.17, 15) is 9.59 Å². The van der Waals surface area contributed by atoms with Gasteiger partial charge in [-0.15, -0.1) is 0 Å². The Bertz CT molecular complexity index is 1090. The van der Waals surface area contributed by atoms with Gasteiger partial charge in [0, 0.05) is 17.9 Å². The number of hydrogen-bond acceptors (Lipinski definition) is 3. The molecule has 3 aromatic carbocycles. The van der Waals surface area contributed by atoms with Gasteiger partial charge in [-0.25, -0.2) is 4.79 Å². The van der Waals surface area contributed by atoms with Crippen LogP contribution in [-0.2, 0) is 0 Å². The molecule has 6 heteroatoms. The molecule has 4 rings (SSSR count). The summed E-state index contributed by atoms with van der Waals surface area (Å²) in [6.07, 6.45) is 0. The van der Waals surface area contributed by atoms with Crippen LogP contribution in [0.4, 0.5) is 21.9 Å². The quantitative estimate of drug-likeness (QED) is 0.631. The van der Waals surface area contributed by atoms with Crippen LogP contribution >= 0.6 is 0 Å². The first-order valence-corrected chi connectivity index (χ1v) is 9.42. The molecule has 0 atom stereocenters. The first-order chi connectivity index (χ1) is 14.0. The third-order valence-electron chi connectivity index (χ3n) is 4.68. The molecule has 0 bridgehead atoms. The molecule has 1 aliphatic rings. The van der Waals surface area contributed by atoms with Crippen molar-refractivity contribution >= 4 is 29.0 Å². The highest BCUT2D eigenvalue weighted by molar-refractivity contribution is 6.10. The van der Waals surface area contributed by atoms with E-state index in [2.05, 4.69) is 10.6 Å². The number of fused-ring (bicyclic) bond motifs is 2. The van der Waals surface area contributed by atoms with Gasteiger partial charge in [0.25, 0.3) is 5.91 Å². The third-order valence-corrected chi connectivity index (χ3v) is 4.68. The van der Waals surface area contributed by atoms with Crippen molar-refractivity contribution in [1.29, 1.82) is 0 Å². The average molecular weight is 387 g/mol. The number of carbonyl (C=O) groups is 2. The normalized spacial score (nSPS) is 12.3. The van der Waals surface area contributed by atoms with Gasteiger partial charge in [0.2, 0.25) is 0 Å². The van der Waals surface area contributed by atoms with E-state index in [4.69, 9.17) is 4.74 Å². The molecule has 29 heavy (non-hydrogen) atoms. The van der Waals surface area contributed by atoms with E-state index in [0.717, 1.165) is 11.3 Å². The Kier molecular flexibility index (Phi) is 4.91. The van der Waals surface area contributed by atoms with Gasteiger partial charge < -0.3 is 20.3 Å². The molecule has 6 nitrogen and oxygen atoms in total. The van der Waals surface area contributed by atoms with E-state index in [1.165, 1.54) is 0 Å². The predicted molar refractivity (Wildman–Crippen MR) is 114 cm³/mol. The zero-order chi connectivity index (χ0) is 20.4. The van der Waals surface area contributed by atoms with Crippen LogP contribution < -0.4 is 20.3 Å². The minimum absolute atomic E-state index is 0.171. The molecule has 0 fully saturated rings. The zero-order valence-electron chi connectivity index (χ0n) is 16.2. The van der Waals surface area contributed by atoms with Crippen molar-refractivity contribution in [3.05, 3.63) is 77.9 Å². The number of urea groups is 1. The summed E-state index contributed by atoms with van der Waals surface area (Å²) in [4.78, 5) is 27.1. The van der Waals surface area contributed by atoms with Gasteiger partial charge >= 0.3 is 6.03 Å². The van der Waals surface area contributed by atoms with Crippen LogP contribution in [0.15, 0.2) is 66.7 Å². The number of nitrogens with zero attached hydrogens (tertiary/aromatic N) is 1. The second-order valence-electron chi connectivity index (χ2n) is 6.78. The molecule has 0 aliphatic carbocycles. The number of rotatable bonds is 3. The highest BCUT2D eigenvalue weighted by Crippen LogP contribution is 2.39. The summed E-state index contributed by atoms with van der Waals surface area (Å²) in [5.41, 5.74) is 3.38. The van der Waals surface area contributed by atoms with Crippen molar-refractivity contribution in [2.24, 2.45) is 0 Å². The van der Waals surface area contributed by atoms with E-state index >= 15 is 0 Å². The maximum absolute atomic E-state index is 13.1. The lowest BCUT2D eigenvalue weighted by Crippen LogP contribution is -2.29. The first kappa shape index (κ1) is 18.6. The monoisotopic (exact) mass is 387 g/mol. The van der Waals surface area contributed by atoms with Crippen LogP contribution in [0.5, 0.6) is 11.5 Å². The largest absolute Gasteiger partial charge is 0.454 e. The van der Waals surface area contributed by atoms with Crippen molar-refractivity contribution in [1.82, 2.24) is 0 Å². The van der Waals surface area contributed by atoms with E-state index in [0.29, 0.717) is 35.0 Å². The number of para-hydroxylation sites is 2. The van der Waals surface area contributed by atoms with Crippen LogP contribution in [0.25, 0.3) is 0 Å². The van der Waals surface area contributed by atoms with Crippen LogP contribution in [0, 0.1) is 6.92 Å². The standard InChI is InChI=1S/C23H21N3O3/c1-3-26-19-9-4-5-10-21(19)29-20-12-11-17(14-18(20)22(26)27)25-23(28)24-16-8-6-7-15(2)13-16/h4-14H,3H2,1-2H3,(H2,24,25,28). The number of hydrogen-bond donors (Lipinski definition) is 2. The lowest BCUT2D eigenvalue weighted by molar-refractivity contribution is 0.0988. The fraction of sp³-hybridized carbons (Fsp3) is 0.130. The molecule has 0 unspecified atom stereocenters. The van der Waals surface area contributed by atoms with Gasteiger partial charge in [-0.05, 0) is 61.9 Å². The Morgan fingerprint density at radius 3 is 2.45 bits per heavy atom. The molecule has 3 amide bonds. The van der Waals surface area contributed by atoms with Gasteiger partial charge in [0.15, 0.2) is 5.75 Å². The second-order valence-corrected chi connectivity index (χ2v) is 6.78. The van der Waals surface area contributed by atoms with Crippen LogP contribution in [0.3, 0.4) is 0 Å². The van der Waals surface area contributed by atoms with Gasteiger partial charge in [-0.3, -0.25) is 4.79 Å². The Hall–Kier alpha value is -3.80. The van der Waals surface area contributed by atoms with Crippen molar-refractivity contribution in [3.8, 4) is 11.5 Å². The summed E-state index contributed by atoms with van der Waals surface area (Å²) in [5, 5.41) is 5.57. The number of aryl methyl sites for hydroxylation is 1. The van der Waals surface area contributed by atoms with Crippen molar-refractivity contribution in [3.63, 3.8) is 0 Å². The number of amides is 3. The van der Waals surface area contributed by atoms with E-state index in [-0.39, 0.29) is 11.9 Å². The molecule has 0 spiro atoms. The smallest absolute Gasteiger partial charge is 0.323 e. The number of ether oxygens (including phenoxy) is 1. The fourth-order valence-corrected chi connectivity index (χ4v) is 3.33. The number of nitrogens with one attached hydrogen (secondary N) is 2. The number of benzene rings is 3. The molecule has 146 valence electrons. The fourth-order valence-electron chi connectivity index (χ4n) is 3.33. The molecule has 1 aliphatic heterocycles. The third kappa shape index (κ3) is 3.78. The molecule has 0 saturated carbocycles. The molecule has 0 saturated heterocycles. The molecule has 0 radical (unpaired) electrons. The van der Waals surface area contributed by atoms with Gasteiger partial charge in [0.05, 0.1) is 11.3 Å². The van der Waals surface area contributed by atoms with Gasteiger partial charge in [-0.2, -0.15) is 0 Å². The highest BCUT2D eigenvalue weighted by Gasteiger charge is 2.27.